The lowest BCUT2D eigenvalue weighted by Crippen LogP contribution is -2.31. The fourth-order valence-corrected chi connectivity index (χ4v) is 1.23. The van der Waals surface area contributed by atoms with E-state index in [1.54, 1.807) is 0 Å². The molecule has 0 aliphatic carbocycles. The average molecular weight is 240 g/mol. The molecule has 0 aliphatic heterocycles. The number of carbonyl (C=O) groups is 1. The van der Waals surface area contributed by atoms with Crippen LogP contribution in [0.25, 0.3) is 0 Å². The van der Waals surface area contributed by atoms with E-state index in [4.69, 9.17) is 0 Å². The fraction of sp³-hybridized carbons (Fsp3) is 0.857. The molecule has 0 saturated carbocycles. The van der Waals surface area contributed by atoms with Crippen LogP contribution < -0.4 is 5.32 Å². The number of carbonyl (C=O) groups excluding carboxylic acids is 1. The van der Waals surface area contributed by atoms with Crippen LogP contribution in [0.3, 0.4) is 0 Å². The maximum absolute atomic E-state index is 10.9. The predicted molar refractivity (Wildman–Crippen MR) is 54.4 cm³/mol. The Kier molecular flexibility index (Phi) is 7.17. The Balaban J connectivity index is 3.18. The molecule has 0 fully saturated rings. The highest BCUT2D eigenvalue weighted by Crippen LogP contribution is 1.98. The van der Waals surface area contributed by atoms with Gasteiger partial charge in [-0.3, -0.25) is 4.79 Å². The minimum absolute atomic E-state index is 0.0710. The van der Waals surface area contributed by atoms with E-state index >= 15 is 0 Å². The van der Waals surface area contributed by atoms with Gasteiger partial charge in [-0.2, -0.15) is 11.8 Å². The first-order chi connectivity index (χ1) is 5.18. The van der Waals surface area contributed by atoms with E-state index in [1.807, 2.05) is 18.7 Å². The Morgan fingerprint density at radius 2 is 2.36 bits per heavy atom. The van der Waals surface area contributed by atoms with Crippen LogP contribution in [0.4, 0.5) is 0 Å². The standard InChI is InChI=1S/C7H14BrNOS/c1-3-11-5-4-9-7(10)6(2)8/h6H,3-5H2,1-2H3,(H,9,10). The molecule has 0 heterocycles. The molecular weight excluding hydrogens is 226 g/mol. The molecular formula is C7H14BrNOS. The number of hydrogen-bond acceptors (Lipinski definition) is 2. The second-order valence-corrected chi connectivity index (χ2v) is 4.87. The van der Waals surface area contributed by atoms with Crippen molar-refractivity contribution in [3.8, 4) is 0 Å². The first kappa shape index (κ1) is 11.3. The molecule has 0 aliphatic rings. The molecule has 0 aromatic carbocycles. The summed E-state index contributed by atoms with van der Waals surface area (Å²) < 4.78 is 0. The van der Waals surface area contributed by atoms with Crippen LogP contribution in [-0.2, 0) is 4.79 Å². The van der Waals surface area contributed by atoms with Crippen molar-refractivity contribution < 1.29 is 4.79 Å². The van der Waals surface area contributed by atoms with Gasteiger partial charge in [-0.05, 0) is 12.7 Å². The van der Waals surface area contributed by atoms with Crippen LogP contribution >= 0.6 is 27.7 Å². The molecule has 0 aromatic rings. The van der Waals surface area contributed by atoms with Gasteiger partial charge in [0.25, 0.3) is 0 Å². The summed E-state index contributed by atoms with van der Waals surface area (Å²) in [6, 6.07) is 0. The van der Waals surface area contributed by atoms with E-state index in [2.05, 4.69) is 28.2 Å². The quantitative estimate of drug-likeness (QED) is 0.584. The molecule has 0 spiro atoms. The second-order valence-electron chi connectivity index (χ2n) is 2.10. The maximum Gasteiger partial charge on any atom is 0.233 e. The van der Waals surface area contributed by atoms with Crippen LogP contribution in [0, 0.1) is 0 Å². The first-order valence-corrected chi connectivity index (χ1v) is 5.75. The molecule has 4 heteroatoms. The zero-order valence-corrected chi connectivity index (χ0v) is 9.30. The molecule has 0 rings (SSSR count). The maximum atomic E-state index is 10.9. The lowest BCUT2D eigenvalue weighted by Gasteiger charge is -2.04. The SMILES string of the molecule is CCSCCNC(=O)C(C)Br. The van der Waals surface area contributed by atoms with E-state index in [1.165, 1.54) is 0 Å². The third kappa shape index (κ3) is 6.69. The van der Waals surface area contributed by atoms with Crippen molar-refractivity contribution in [1.29, 1.82) is 0 Å². The highest BCUT2D eigenvalue weighted by Gasteiger charge is 2.05. The first-order valence-electron chi connectivity index (χ1n) is 3.68. The number of amides is 1. The second kappa shape index (κ2) is 6.98. The predicted octanol–water partition coefficient (Wildman–Crippen LogP) is 1.64. The molecule has 0 saturated heterocycles. The van der Waals surface area contributed by atoms with Crippen LogP contribution in [-0.4, -0.2) is 28.8 Å². The average Bonchev–Trinajstić information content (AvgIpc) is 1.97. The number of hydrogen-bond donors (Lipinski definition) is 1. The molecule has 2 nitrogen and oxygen atoms in total. The highest BCUT2D eigenvalue weighted by molar-refractivity contribution is 9.10. The summed E-state index contributed by atoms with van der Waals surface area (Å²) in [6.07, 6.45) is 0. The van der Waals surface area contributed by atoms with Crippen molar-refractivity contribution >= 4 is 33.6 Å². The van der Waals surface area contributed by atoms with E-state index < -0.39 is 0 Å². The summed E-state index contributed by atoms with van der Waals surface area (Å²) in [5, 5.41) is 2.81. The summed E-state index contributed by atoms with van der Waals surface area (Å²) in [4.78, 5) is 10.9. The van der Waals surface area contributed by atoms with Crippen molar-refractivity contribution in [3.63, 3.8) is 0 Å². The molecule has 1 unspecified atom stereocenters. The molecule has 66 valence electrons. The molecule has 1 N–H and O–H groups in total. The molecule has 0 aromatic heterocycles. The van der Waals surface area contributed by atoms with Crippen molar-refractivity contribution in [3.05, 3.63) is 0 Å². The van der Waals surface area contributed by atoms with Crippen molar-refractivity contribution in [2.24, 2.45) is 0 Å². The van der Waals surface area contributed by atoms with E-state index in [-0.39, 0.29) is 10.7 Å². The van der Waals surface area contributed by atoms with Crippen LogP contribution in [0.15, 0.2) is 0 Å². The van der Waals surface area contributed by atoms with Gasteiger partial charge in [0.15, 0.2) is 0 Å². The Labute approximate surface area is 80.6 Å². The van der Waals surface area contributed by atoms with E-state index in [9.17, 15) is 4.79 Å². The van der Waals surface area contributed by atoms with Crippen LogP contribution in [0.5, 0.6) is 0 Å². The van der Waals surface area contributed by atoms with Crippen molar-refractivity contribution in [2.75, 3.05) is 18.1 Å². The highest BCUT2D eigenvalue weighted by atomic mass is 79.9. The number of rotatable bonds is 5. The molecule has 0 bridgehead atoms. The Bertz CT molecular complexity index is 119. The minimum atomic E-state index is -0.0749. The van der Waals surface area contributed by atoms with Gasteiger partial charge >= 0.3 is 0 Å². The summed E-state index contributed by atoms with van der Waals surface area (Å²) >= 11 is 5.02. The molecule has 1 amide bonds. The van der Waals surface area contributed by atoms with Gasteiger partial charge in [-0.15, -0.1) is 0 Å². The Morgan fingerprint density at radius 3 is 2.82 bits per heavy atom. The Hall–Kier alpha value is 0.300. The summed E-state index contributed by atoms with van der Waals surface area (Å²) in [7, 11) is 0. The van der Waals surface area contributed by atoms with Gasteiger partial charge in [-0.25, -0.2) is 0 Å². The summed E-state index contributed by atoms with van der Waals surface area (Å²) in [6.45, 7) is 4.70. The van der Waals surface area contributed by atoms with Gasteiger partial charge in [-0.1, -0.05) is 22.9 Å². The van der Waals surface area contributed by atoms with Gasteiger partial charge in [0.2, 0.25) is 5.91 Å². The van der Waals surface area contributed by atoms with Crippen molar-refractivity contribution in [1.82, 2.24) is 5.32 Å². The third-order valence-electron chi connectivity index (χ3n) is 1.11. The fourth-order valence-electron chi connectivity index (χ4n) is 0.531. The topological polar surface area (TPSA) is 29.1 Å². The largest absolute Gasteiger partial charge is 0.354 e. The zero-order chi connectivity index (χ0) is 8.69. The van der Waals surface area contributed by atoms with Crippen LogP contribution in [0.2, 0.25) is 0 Å². The van der Waals surface area contributed by atoms with Gasteiger partial charge in [0.1, 0.15) is 0 Å². The van der Waals surface area contributed by atoms with E-state index in [0.29, 0.717) is 0 Å². The van der Waals surface area contributed by atoms with E-state index in [0.717, 1.165) is 18.1 Å². The third-order valence-corrected chi connectivity index (χ3v) is 2.43. The normalized spacial score (nSPS) is 12.6. The summed E-state index contributed by atoms with van der Waals surface area (Å²) in [5.41, 5.74) is 0. The number of halogens is 1. The molecule has 1 atom stereocenters. The zero-order valence-electron chi connectivity index (χ0n) is 6.89. The summed E-state index contributed by atoms with van der Waals surface area (Å²) in [5.74, 6) is 2.18. The van der Waals surface area contributed by atoms with Crippen molar-refractivity contribution in [2.45, 2.75) is 18.7 Å². The lowest BCUT2D eigenvalue weighted by molar-refractivity contribution is -0.120. The lowest BCUT2D eigenvalue weighted by atomic mass is 10.4. The monoisotopic (exact) mass is 239 g/mol. The van der Waals surface area contributed by atoms with Gasteiger partial charge < -0.3 is 5.32 Å². The molecule has 0 radical (unpaired) electrons. The number of thioether (sulfide) groups is 1. The van der Waals surface area contributed by atoms with Gasteiger partial charge in [0, 0.05) is 12.3 Å². The van der Waals surface area contributed by atoms with Gasteiger partial charge in [0.05, 0.1) is 4.83 Å². The minimum Gasteiger partial charge on any atom is -0.354 e. The number of nitrogens with one attached hydrogen (secondary N) is 1. The smallest absolute Gasteiger partial charge is 0.233 e. The van der Waals surface area contributed by atoms with Crippen LogP contribution in [0.1, 0.15) is 13.8 Å². The number of alkyl halides is 1. The Morgan fingerprint density at radius 1 is 1.73 bits per heavy atom. The molecule has 11 heavy (non-hydrogen) atoms.